The fourth-order valence-corrected chi connectivity index (χ4v) is 7.45. The molecule has 0 unspecified atom stereocenters. The van der Waals surface area contributed by atoms with Gasteiger partial charge in [0.25, 0.3) is 0 Å². The molecule has 0 saturated carbocycles. The van der Waals surface area contributed by atoms with Crippen molar-refractivity contribution >= 4 is 45.2 Å². The molecule has 0 N–H and O–H groups in total. The smallest absolute Gasteiger partial charge is 0.188 e. The first-order valence-corrected chi connectivity index (χ1v) is 14.1. The number of para-hydroxylation sites is 1. The number of benzene rings is 4. The van der Waals surface area contributed by atoms with Crippen LogP contribution in [0.3, 0.4) is 0 Å². The zero-order valence-corrected chi connectivity index (χ0v) is 21.2. The summed E-state index contributed by atoms with van der Waals surface area (Å²) in [4.78, 5) is 9.27. The monoisotopic (exact) mass is 511 g/mol. The highest BCUT2D eigenvalue weighted by Gasteiger charge is 2.31. The summed E-state index contributed by atoms with van der Waals surface area (Å²) in [5.74, 6) is 0.712. The molecule has 0 bridgehead atoms. The van der Waals surface area contributed by atoms with Gasteiger partial charge in [0.05, 0.1) is 17.2 Å². The molecule has 0 aliphatic carbocycles. The van der Waals surface area contributed by atoms with Gasteiger partial charge >= 0.3 is 0 Å². The Morgan fingerprint density at radius 2 is 1.34 bits per heavy atom. The first-order valence-electron chi connectivity index (χ1n) is 12.3. The lowest BCUT2D eigenvalue weighted by atomic mass is 10.1. The van der Waals surface area contributed by atoms with Gasteiger partial charge in [0, 0.05) is 27.2 Å². The van der Waals surface area contributed by atoms with E-state index in [4.69, 9.17) is 4.42 Å². The largest absolute Gasteiger partial charge is 0.454 e. The number of pyridine rings is 1. The molecular weight excluding hydrogens is 489 g/mol. The minimum absolute atomic E-state index is 0.534. The molecule has 182 valence electrons. The van der Waals surface area contributed by atoms with E-state index in [-0.39, 0.29) is 0 Å². The van der Waals surface area contributed by atoms with Crippen LogP contribution in [0, 0.1) is 0 Å². The summed E-state index contributed by atoms with van der Waals surface area (Å²) in [5.41, 5.74) is 5.06. The van der Waals surface area contributed by atoms with Crippen LogP contribution in [-0.2, 0) is 4.57 Å². The normalized spacial score (nSPS) is 11.8. The van der Waals surface area contributed by atoms with E-state index >= 15 is 0 Å². The first-order chi connectivity index (χ1) is 18.7. The van der Waals surface area contributed by atoms with Crippen LogP contribution < -0.4 is 16.0 Å². The molecule has 4 aromatic carbocycles. The predicted molar refractivity (Wildman–Crippen MR) is 153 cm³/mol. The zero-order chi connectivity index (χ0) is 25.5. The highest BCUT2D eigenvalue weighted by Crippen LogP contribution is 2.42. The summed E-state index contributed by atoms with van der Waals surface area (Å²) in [6.07, 6.45) is 3.51. The van der Waals surface area contributed by atoms with Crippen LogP contribution in [0.2, 0.25) is 0 Å². The van der Waals surface area contributed by atoms with Gasteiger partial charge in [-0.25, -0.2) is 9.97 Å². The Hall–Kier alpha value is -4.73. The third kappa shape index (κ3) is 3.68. The molecule has 0 aliphatic rings. The van der Waals surface area contributed by atoms with Crippen LogP contribution in [-0.4, -0.2) is 14.5 Å². The van der Waals surface area contributed by atoms with Crippen molar-refractivity contribution in [3.05, 3.63) is 134 Å². The number of hydrogen-bond donors (Lipinski definition) is 0. The van der Waals surface area contributed by atoms with Gasteiger partial charge in [0.2, 0.25) is 0 Å². The van der Waals surface area contributed by atoms with Crippen molar-refractivity contribution in [3.8, 4) is 17.0 Å². The maximum absolute atomic E-state index is 14.7. The van der Waals surface area contributed by atoms with E-state index in [0.29, 0.717) is 16.8 Å². The van der Waals surface area contributed by atoms with Crippen LogP contribution in [0.15, 0.2) is 138 Å². The molecule has 0 atom stereocenters. The second-order valence-electron chi connectivity index (χ2n) is 9.12. The summed E-state index contributed by atoms with van der Waals surface area (Å²) in [7, 11) is -3.17. The lowest BCUT2D eigenvalue weighted by molar-refractivity contribution is 0.592. The van der Waals surface area contributed by atoms with Crippen molar-refractivity contribution < 1.29 is 8.98 Å². The minimum atomic E-state index is -3.17. The molecule has 3 heterocycles. The molecule has 0 spiro atoms. The number of aromatic nitrogens is 3. The molecule has 0 aliphatic heterocycles. The highest BCUT2D eigenvalue weighted by molar-refractivity contribution is 7.85. The molecule has 0 fully saturated rings. The van der Waals surface area contributed by atoms with Gasteiger partial charge in [-0.2, -0.15) is 0 Å². The lowest BCUT2D eigenvalue weighted by Crippen LogP contribution is -2.26. The van der Waals surface area contributed by atoms with Gasteiger partial charge in [-0.15, -0.1) is 0 Å². The number of furan rings is 1. The lowest BCUT2D eigenvalue weighted by Gasteiger charge is -2.18. The fraction of sp³-hybridized carbons (Fsp3) is 0. The van der Waals surface area contributed by atoms with E-state index < -0.39 is 7.14 Å². The molecule has 7 aromatic rings. The number of imidazole rings is 1. The number of rotatable bonds is 5. The third-order valence-electron chi connectivity index (χ3n) is 6.82. The molecule has 0 saturated heterocycles. The quantitative estimate of drug-likeness (QED) is 0.249. The Balaban J connectivity index is 1.31. The Bertz CT molecular complexity index is 1900. The molecular formula is C32H22N3O2P. The topological polar surface area (TPSA) is 60.9 Å². The summed E-state index contributed by atoms with van der Waals surface area (Å²) in [5, 5.41) is 2.36. The summed E-state index contributed by atoms with van der Waals surface area (Å²) in [6.45, 7) is 0. The van der Waals surface area contributed by atoms with E-state index in [9.17, 15) is 4.57 Å². The van der Waals surface area contributed by atoms with Crippen molar-refractivity contribution in [2.45, 2.75) is 0 Å². The van der Waals surface area contributed by atoms with Crippen molar-refractivity contribution in [3.63, 3.8) is 0 Å². The first kappa shape index (κ1) is 22.5. The second kappa shape index (κ2) is 8.98. The van der Waals surface area contributed by atoms with Crippen LogP contribution in [0.25, 0.3) is 39.0 Å². The van der Waals surface area contributed by atoms with Gasteiger partial charge in [-0.3, -0.25) is 4.57 Å². The van der Waals surface area contributed by atoms with E-state index in [0.717, 1.165) is 38.3 Å². The number of nitrogens with zero attached hydrogens (tertiary/aromatic N) is 3. The van der Waals surface area contributed by atoms with Crippen molar-refractivity contribution in [1.29, 1.82) is 0 Å². The molecule has 6 heteroatoms. The standard InChI is InChI=1S/C32H22N3O2P/c36-38(26-12-6-2-7-13-26,27-14-8-3-9-15-27)32-20-24-19-30(37-31(24)21-33-32)23-16-17-29-28(18-23)34-22-35(29)25-10-4-1-5-11-25/h1-22H. The SMILES string of the molecule is O=P(c1ccccc1)(c1ccccc1)c1cc2cc(-c3ccc4c(c3)ncn4-c3ccccc3)oc2cn1. The van der Waals surface area contributed by atoms with Gasteiger partial charge in [-0.1, -0.05) is 78.9 Å². The van der Waals surface area contributed by atoms with Crippen LogP contribution >= 0.6 is 7.14 Å². The van der Waals surface area contributed by atoms with Crippen LogP contribution in [0.4, 0.5) is 0 Å². The summed E-state index contributed by atoms with van der Waals surface area (Å²) in [6, 6.07) is 39.3. The van der Waals surface area contributed by atoms with Crippen LogP contribution in [0.5, 0.6) is 0 Å². The fourth-order valence-electron chi connectivity index (χ4n) is 4.90. The molecule has 0 amide bonds. The zero-order valence-electron chi connectivity index (χ0n) is 20.3. The van der Waals surface area contributed by atoms with Crippen LogP contribution in [0.1, 0.15) is 0 Å². The average Bonchev–Trinajstić information content (AvgIpc) is 3.62. The summed E-state index contributed by atoms with van der Waals surface area (Å²) >= 11 is 0. The molecule has 5 nitrogen and oxygen atoms in total. The third-order valence-corrected chi connectivity index (χ3v) is 9.76. The Morgan fingerprint density at radius 3 is 2.03 bits per heavy atom. The number of hydrogen-bond acceptors (Lipinski definition) is 4. The molecule has 7 rings (SSSR count). The molecule has 0 radical (unpaired) electrons. The Kier molecular flexibility index (Phi) is 5.31. The maximum atomic E-state index is 14.7. The highest BCUT2D eigenvalue weighted by atomic mass is 31.2. The summed E-state index contributed by atoms with van der Waals surface area (Å²) < 4.78 is 23.0. The molecule has 38 heavy (non-hydrogen) atoms. The number of fused-ring (bicyclic) bond motifs is 2. The molecule has 3 aromatic heterocycles. The van der Waals surface area contributed by atoms with E-state index in [2.05, 4.69) is 32.7 Å². The van der Waals surface area contributed by atoms with Crippen molar-refractivity contribution in [1.82, 2.24) is 14.5 Å². The van der Waals surface area contributed by atoms with E-state index in [1.54, 1.807) is 6.20 Å². The van der Waals surface area contributed by atoms with Crippen molar-refractivity contribution in [2.24, 2.45) is 0 Å². The van der Waals surface area contributed by atoms with E-state index in [1.807, 2.05) is 109 Å². The van der Waals surface area contributed by atoms with E-state index in [1.165, 1.54) is 0 Å². The average molecular weight is 512 g/mol. The Labute approximate surface area is 219 Å². The minimum Gasteiger partial charge on any atom is -0.454 e. The van der Waals surface area contributed by atoms with Gasteiger partial charge in [0.1, 0.15) is 17.5 Å². The van der Waals surface area contributed by atoms with Gasteiger partial charge < -0.3 is 8.98 Å². The predicted octanol–water partition coefficient (Wildman–Crippen LogP) is 6.47. The van der Waals surface area contributed by atoms with Gasteiger partial charge in [0.15, 0.2) is 12.7 Å². The second-order valence-corrected chi connectivity index (χ2v) is 11.8. The van der Waals surface area contributed by atoms with Crippen molar-refractivity contribution in [2.75, 3.05) is 0 Å². The van der Waals surface area contributed by atoms with Gasteiger partial charge in [-0.05, 0) is 42.5 Å². The Morgan fingerprint density at radius 1 is 0.684 bits per heavy atom. The maximum Gasteiger partial charge on any atom is 0.188 e.